The van der Waals surface area contributed by atoms with E-state index in [1.807, 2.05) is 0 Å². The molecule has 1 aromatic heterocycles. The summed E-state index contributed by atoms with van der Waals surface area (Å²) in [5, 5.41) is 9.79. The van der Waals surface area contributed by atoms with Crippen molar-refractivity contribution in [1.82, 2.24) is 4.57 Å². The molecule has 0 radical (unpaired) electrons. The number of fused-ring (bicyclic) bond motifs is 1. The van der Waals surface area contributed by atoms with Crippen LogP contribution in [0.15, 0.2) is 63.5 Å². The third-order valence-electron chi connectivity index (χ3n) is 5.42. The Morgan fingerprint density at radius 3 is 2.68 bits per heavy atom. The van der Waals surface area contributed by atoms with Gasteiger partial charge in [-0.05, 0) is 49.8 Å². The number of hydrogen-bond donors (Lipinski definition) is 1. The Morgan fingerprint density at radius 1 is 1.21 bits per heavy atom. The predicted octanol–water partition coefficient (Wildman–Crippen LogP) is 2.52. The van der Waals surface area contributed by atoms with Gasteiger partial charge in [-0.1, -0.05) is 23.5 Å². The molecule has 0 spiro atoms. The van der Waals surface area contributed by atoms with Crippen LogP contribution in [0, 0.1) is 0 Å². The van der Waals surface area contributed by atoms with Crippen LogP contribution in [-0.2, 0) is 9.53 Å². The summed E-state index contributed by atoms with van der Waals surface area (Å²) in [5.41, 5.74) is 1.69. The van der Waals surface area contributed by atoms with Gasteiger partial charge in [0.2, 0.25) is 0 Å². The Kier molecular flexibility index (Phi) is 6.56. The van der Waals surface area contributed by atoms with E-state index in [2.05, 4.69) is 4.99 Å². The third-order valence-corrected chi connectivity index (χ3v) is 6.40. The fourth-order valence-corrected chi connectivity index (χ4v) is 4.94. The van der Waals surface area contributed by atoms with Crippen LogP contribution >= 0.6 is 11.3 Å². The highest BCUT2D eigenvalue weighted by Crippen LogP contribution is 2.37. The number of carbonyl (C=O) groups is 1. The van der Waals surface area contributed by atoms with Crippen molar-refractivity contribution in [3.05, 3.63) is 84.5 Å². The third kappa shape index (κ3) is 4.22. The van der Waals surface area contributed by atoms with Crippen molar-refractivity contribution in [2.45, 2.75) is 19.9 Å². The van der Waals surface area contributed by atoms with Crippen molar-refractivity contribution >= 4 is 23.4 Å². The first-order valence-corrected chi connectivity index (χ1v) is 11.4. The lowest BCUT2D eigenvalue weighted by atomic mass is 9.95. The van der Waals surface area contributed by atoms with Gasteiger partial charge in [0.25, 0.3) is 5.56 Å². The fraction of sp³-hybridized carbons (Fsp3) is 0.240. The minimum atomic E-state index is -0.803. The highest BCUT2D eigenvalue weighted by molar-refractivity contribution is 7.07. The average Bonchev–Trinajstić information content (AvgIpc) is 3.12. The summed E-state index contributed by atoms with van der Waals surface area (Å²) in [5.74, 6) is 0.593. The molecule has 0 bridgehead atoms. The predicted molar refractivity (Wildman–Crippen MR) is 128 cm³/mol. The van der Waals surface area contributed by atoms with E-state index in [1.165, 1.54) is 23.0 Å². The molecule has 8 nitrogen and oxygen atoms in total. The molecule has 0 amide bonds. The number of aromatic hydroxyl groups is 1. The van der Waals surface area contributed by atoms with Crippen molar-refractivity contribution in [3.8, 4) is 17.2 Å². The molecule has 176 valence electrons. The molecular formula is C25H24N2O6S. The molecule has 2 aromatic carbocycles. The molecule has 2 heterocycles. The van der Waals surface area contributed by atoms with Gasteiger partial charge < -0.3 is 19.3 Å². The second-order valence-corrected chi connectivity index (χ2v) is 8.51. The SMILES string of the molecule is CCOC(=O)C1=C(C)N=c2s/c(=C\c3cccc(O)c3)c(=O)n2[C@H]1c1ccc(OC)cc1OC. The van der Waals surface area contributed by atoms with Gasteiger partial charge in [-0.2, -0.15) is 0 Å². The van der Waals surface area contributed by atoms with Crippen LogP contribution in [0.5, 0.6) is 17.2 Å². The Hall–Kier alpha value is -3.85. The van der Waals surface area contributed by atoms with Crippen LogP contribution in [0.25, 0.3) is 6.08 Å². The number of methoxy groups -OCH3 is 2. The maximum Gasteiger partial charge on any atom is 0.338 e. The lowest BCUT2D eigenvalue weighted by molar-refractivity contribution is -0.139. The number of carbonyl (C=O) groups excluding carboxylic acids is 1. The first-order chi connectivity index (χ1) is 16.4. The molecule has 0 saturated carbocycles. The standard InChI is InChI=1S/C25H24N2O6S/c1-5-33-24(30)21-14(2)26-25-27(22(21)18-10-9-17(31-3)13-19(18)32-4)23(29)20(34-25)12-15-7-6-8-16(28)11-15/h6-13,22,28H,5H2,1-4H3/b20-12-/t22-/m0/s1. The van der Waals surface area contributed by atoms with Gasteiger partial charge in [0.15, 0.2) is 4.80 Å². The second kappa shape index (κ2) is 9.56. The largest absolute Gasteiger partial charge is 0.508 e. The molecular weight excluding hydrogens is 456 g/mol. The number of allylic oxidation sites excluding steroid dienone is 1. The molecule has 0 unspecified atom stereocenters. The molecule has 1 aliphatic rings. The van der Waals surface area contributed by atoms with Crippen LogP contribution < -0.4 is 24.4 Å². The summed E-state index contributed by atoms with van der Waals surface area (Å²) in [6.07, 6.45) is 1.69. The van der Waals surface area contributed by atoms with Crippen molar-refractivity contribution in [2.75, 3.05) is 20.8 Å². The molecule has 0 aliphatic carbocycles. The first kappa shape index (κ1) is 23.3. The number of thiazole rings is 1. The average molecular weight is 481 g/mol. The number of benzene rings is 2. The number of phenolic OH excluding ortho intramolecular Hbond substituents is 1. The van der Waals surface area contributed by atoms with Crippen molar-refractivity contribution < 1.29 is 24.1 Å². The molecule has 34 heavy (non-hydrogen) atoms. The van der Waals surface area contributed by atoms with Crippen LogP contribution in [-0.4, -0.2) is 36.5 Å². The van der Waals surface area contributed by atoms with E-state index in [0.29, 0.717) is 37.7 Å². The summed E-state index contributed by atoms with van der Waals surface area (Å²) in [4.78, 5) is 31.7. The summed E-state index contributed by atoms with van der Waals surface area (Å²) < 4.78 is 18.1. The van der Waals surface area contributed by atoms with E-state index in [9.17, 15) is 14.7 Å². The number of esters is 1. The molecule has 1 N–H and O–H groups in total. The molecule has 9 heteroatoms. The zero-order chi connectivity index (χ0) is 24.4. The second-order valence-electron chi connectivity index (χ2n) is 7.51. The molecule has 1 aliphatic heterocycles. The van der Waals surface area contributed by atoms with E-state index < -0.39 is 12.0 Å². The van der Waals surface area contributed by atoms with Crippen LogP contribution in [0.2, 0.25) is 0 Å². The highest BCUT2D eigenvalue weighted by Gasteiger charge is 2.35. The van der Waals surface area contributed by atoms with Gasteiger partial charge in [-0.25, -0.2) is 9.79 Å². The summed E-state index contributed by atoms with van der Waals surface area (Å²) in [6, 6.07) is 11.0. The maximum atomic E-state index is 13.6. The summed E-state index contributed by atoms with van der Waals surface area (Å²) in [7, 11) is 3.07. The Morgan fingerprint density at radius 2 is 2.00 bits per heavy atom. The molecule has 0 fully saturated rings. The van der Waals surface area contributed by atoms with E-state index in [1.54, 1.807) is 69.5 Å². The first-order valence-electron chi connectivity index (χ1n) is 10.6. The number of phenols is 1. The van der Waals surface area contributed by atoms with Crippen LogP contribution in [0.1, 0.15) is 31.0 Å². The van der Waals surface area contributed by atoms with Gasteiger partial charge in [0.05, 0.1) is 36.6 Å². The number of hydrogen-bond acceptors (Lipinski definition) is 8. The summed E-state index contributed by atoms with van der Waals surface area (Å²) in [6.45, 7) is 3.63. The monoisotopic (exact) mass is 480 g/mol. The van der Waals surface area contributed by atoms with Gasteiger partial charge >= 0.3 is 5.97 Å². The van der Waals surface area contributed by atoms with Gasteiger partial charge in [-0.15, -0.1) is 0 Å². The molecule has 3 aromatic rings. The van der Waals surface area contributed by atoms with Crippen molar-refractivity contribution in [1.29, 1.82) is 0 Å². The van der Waals surface area contributed by atoms with Crippen LogP contribution in [0.3, 0.4) is 0 Å². The lowest BCUT2D eigenvalue weighted by Crippen LogP contribution is -2.40. The topological polar surface area (TPSA) is 99.4 Å². The van der Waals surface area contributed by atoms with E-state index in [0.717, 1.165) is 0 Å². The van der Waals surface area contributed by atoms with Gasteiger partial charge in [-0.3, -0.25) is 9.36 Å². The Balaban J connectivity index is 2.00. The molecule has 1 atom stereocenters. The Labute approximate surface area is 199 Å². The number of rotatable bonds is 6. The number of ether oxygens (including phenoxy) is 3. The quantitative estimate of drug-likeness (QED) is 0.545. The minimum Gasteiger partial charge on any atom is -0.508 e. The zero-order valence-corrected chi connectivity index (χ0v) is 20.0. The highest BCUT2D eigenvalue weighted by atomic mass is 32.1. The zero-order valence-electron chi connectivity index (χ0n) is 19.2. The smallest absolute Gasteiger partial charge is 0.338 e. The van der Waals surface area contributed by atoms with E-state index >= 15 is 0 Å². The lowest BCUT2D eigenvalue weighted by Gasteiger charge is -2.26. The molecule has 4 rings (SSSR count). The van der Waals surface area contributed by atoms with Crippen molar-refractivity contribution in [3.63, 3.8) is 0 Å². The number of aromatic nitrogens is 1. The van der Waals surface area contributed by atoms with Crippen molar-refractivity contribution in [2.24, 2.45) is 4.99 Å². The fourth-order valence-electron chi connectivity index (χ4n) is 3.90. The normalized spacial score (nSPS) is 15.5. The molecule has 0 saturated heterocycles. The van der Waals surface area contributed by atoms with E-state index in [-0.39, 0.29) is 23.5 Å². The van der Waals surface area contributed by atoms with Gasteiger partial charge in [0, 0.05) is 11.6 Å². The maximum absolute atomic E-state index is 13.6. The van der Waals surface area contributed by atoms with Gasteiger partial charge in [0.1, 0.15) is 23.3 Å². The minimum absolute atomic E-state index is 0.0998. The van der Waals surface area contributed by atoms with E-state index in [4.69, 9.17) is 14.2 Å². The summed E-state index contributed by atoms with van der Waals surface area (Å²) >= 11 is 1.21. The Bertz CT molecular complexity index is 1470. The van der Waals surface area contributed by atoms with Crippen LogP contribution in [0.4, 0.5) is 0 Å². The number of nitrogens with zero attached hydrogens (tertiary/aromatic N) is 2.